The number of rotatable bonds is 8. The summed E-state index contributed by atoms with van der Waals surface area (Å²) in [7, 11) is 0. The average molecular weight is 783 g/mol. The monoisotopic (exact) mass is 782 g/mol. The fourth-order valence-corrected chi connectivity index (χ4v) is 9.55. The van der Waals surface area contributed by atoms with Crippen LogP contribution in [0.25, 0.3) is 43.3 Å². The topological polar surface area (TPSA) is 139 Å². The molecule has 0 amide bonds. The molecule has 0 bridgehead atoms. The molecule has 14 heteroatoms. The Labute approximate surface area is 329 Å². The molecule has 0 saturated heterocycles. The van der Waals surface area contributed by atoms with Crippen LogP contribution >= 0.6 is 22.7 Å². The summed E-state index contributed by atoms with van der Waals surface area (Å²) in [5.74, 6) is 0.192. The highest BCUT2D eigenvalue weighted by molar-refractivity contribution is 7.20. The van der Waals surface area contributed by atoms with Crippen molar-refractivity contribution in [1.82, 2.24) is 40.2 Å². The van der Waals surface area contributed by atoms with Crippen LogP contribution in [-0.4, -0.2) is 66.3 Å². The first-order valence-electron chi connectivity index (χ1n) is 18.9. The number of thiazole rings is 2. The maximum atomic E-state index is 11.5. The number of hydrogen-bond donors (Lipinski definition) is 1. The molecule has 0 saturated carbocycles. The lowest BCUT2D eigenvalue weighted by atomic mass is 10.00. The van der Waals surface area contributed by atoms with Crippen LogP contribution in [0.2, 0.25) is 0 Å². The summed E-state index contributed by atoms with van der Waals surface area (Å²) in [4.78, 5) is 25.9. The SMILES string of the molecule is C[C@H](c1ccc2sc(Oc3nnc(-c4ccc5c(c4)CCN([C@@H](C)c4ccc6scnc6c4)CC5)o3)nc2c1)N1CCc2ccc(-c3n[nH]c(=O)o3)cc2CC1. The van der Waals surface area contributed by atoms with Crippen molar-refractivity contribution in [2.24, 2.45) is 0 Å². The number of nitrogens with one attached hydrogen (secondary N) is 1. The minimum atomic E-state index is -0.550. The highest BCUT2D eigenvalue weighted by Gasteiger charge is 2.24. The Morgan fingerprint density at radius 2 is 1.32 bits per heavy atom. The Bertz CT molecular complexity index is 2770. The number of benzene rings is 4. The van der Waals surface area contributed by atoms with E-state index in [9.17, 15) is 4.79 Å². The lowest BCUT2D eigenvalue weighted by Crippen LogP contribution is -2.29. The molecular weight excluding hydrogens is 745 g/mol. The Hall–Kier alpha value is -5.54. The van der Waals surface area contributed by atoms with E-state index in [0.717, 1.165) is 78.7 Å². The van der Waals surface area contributed by atoms with Gasteiger partial charge in [-0.2, -0.15) is 0 Å². The zero-order chi connectivity index (χ0) is 37.8. The summed E-state index contributed by atoms with van der Waals surface area (Å²) < 4.78 is 19.5. The molecule has 0 radical (unpaired) electrons. The Kier molecular flexibility index (Phi) is 9.05. The Morgan fingerprint density at radius 3 is 1.98 bits per heavy atom. The largest absolute Gasteiger partial charge is 0.434 e. The van der Waals surface area contributed by atoms with Crippen LogP contribution in [0.15, 0.2) is 91.9 Å². The van der Waals surface area contributed by atoms with Crippen molar-refractivity contribution >= 4 is 43.1 Å². The molecule has 2 aliphatic heterocycles. The maximum absolute atomic E-state index is 11.5. The van der Waals surface area contributed by atoms with Crippen LogP contribution in [0.4, 0.5) is 0 Å². The summed E-state index contributed by atoms with van der Waals surface area (Å²) in [6.45, 7) is 8.33. The van der Waals surface area contributed by atoms with Crippen molar-refractivity contribution in [3.05, 3.63) is 122 Å². The van der Waals surface area contributed by atoms with E-state index in [-0.39, 0.29) is 12.1 Å². The van der Waals surface area contributed by atoms with Crippen molar-refractivity contribution in [2.75, 3.05) is 26.2 Å². The van der Waals surface area contributed by atoms with Gasteiger partial charge in [0.2, 0.25) is 5.89 Å². The molecule has 4 aromatic carbocycles. The van der Waals surface area contributed by atoms with E-state index in [1.54, 1.807) is 11.3 Å². The van der Waals surface area contributed by atoms with Gasteiger partial charge in [0.25, 0.3) is 11.1 Å². The third kappa shape index (κ3) is 6.83. The van der Waals surface area contributed by atoms with E-state index in [1.807, 2.05) is 11.6 Å². The zero-order valence-corrected chi connectivity index (χ0v) is 32.5. The van der Waals surface area contributed by atoms with E-state index in [4.69, 9.17) is 18.6 Å². The Balaban J connectivity index is 0.787. The van der Waals surface area contributed by atoms with Crippen LogP contribution in [-0.2, 0) is 25.7 Å². The van der Waals surface area contributed by atoms with Gasteiger partial charge in [-0.25, -0.2) is 19.9 Å². The molecule has 8 aromatic rings. The van der Waals surface area contributed by atoms with Gasteiger partial charge >= 0.3 is 11.8 Å². The average Bonchev–Trinajstić information content (AvgIpc) is 4.01. The summed E-state index contributed by atoms with van der Waals surface area (Å²) in [5.41, 5.74) is 13.3. The van der Waals surface area contributed by atoms with Crippen LogP contribution in [0, 0.1) is 0 Å². The second kappa shape index (κ2) is 14.5. The second-order valence-electron chi connectivity index (χ2n) is 14.6. The molecule has 12 nitrogen and oxygen atoms in total. The van der Waals surface area contributed by atoms with Crippen molar-refractivity contribution in [3.8, 4) is 34.2 Å². The minimum absolute atomic E-state index is 0.0707. The number of aromatic amines is 1. The van der Waals surface area contributed by atoms with Crippen LogP contribution in [0.1, 0.15) is 59.3 Å². The summed E-state index contributed by atoms with van der Waals surface area (Å²) in [5, 5.41) is 15.4. The van der Waals surface area contributed by atoms with E-state index in [1.165, 1.54) is 49.4 Å². The highest BCUT2D eigenvalue weighted by Crippen LogP contribution is 2.36. The van der Waals surface area contributed by atoms with Crippen molar-refractivity contribution < 1.29 is 13.6 Å². The first-order chi connectivity index (χ1) is 27.4. The predicted octanol–water partition coefficient (Wildman–Crippen LogP) is 8.42. The molecule has 10 rings (SSSR count). The fraction of sp³-hybridized carbons (Fsp3) is 0.286. The summed E-state index contributed by atoms with van der Waals surface area (Å²) >= 11 is 3.14. The number of ether oxygens (including phenoxy) is 1. The van der Waals surface area contributed by atoms with Crippen molar-refractivity contribution in [2.45, 2.75) is 51.6 Å². The smallest absolute Gasteiger partial charge is 0.388 e. The number of hydrogen-bond acceptors (Lipinski definition) is 13. The molecule has 0 aliphatic carbocycles. The number of aromatic nitrogens is 6. The lowest BCUT2D eigenvalue weighted by molar-refractivity contribution is 0.221. The molecular formula is C42H38N8O4S2. The number of fused-ring (bicyclic) bond motifs is 4. The van der Waals surface area contributed by atoms with Crippen LogP contribution in [0.3, 0.4) is 0 Å². The molecule has 282 valence electrons. The fourth-order valence-electron chi connectivity index (χ4n) is 8.10. The normalized spacial score (nSPS) is 16.3. The zero-order valence-electron chi connectivity index (χ0n) is 30.9. The van der Waals surface area contributed by atoms with Gasteiger partial charge in [-0.05, 0) is 121 Å². The molecule has 2 aliphatic rings. The Morgan fingerprint density at radius 1 is 0.696 bits per heavy atom. The molecule has 1 N–H and O–H groups in total. The van der Waals surface area contributed by atoms with Crippen molar-refractivity contribution in [3.63, 3.8) is 0 Å². The molecule has 2 atom stereocenters. The van der Waals surface area contributed by atoms with E-state index in [0.29, 0.717) is 23.0 Å². The van der Waals surface area contributed by atoms with E-state index >= 15 is 0 Å². The van der Waals surface area contributed by atoms with Gasteiger partial charge in [0.15, 0.2) is 0 Å². The van der Waals surface area contributed by atoms with Crippen LogP contribution < -0.4 is 10.5 Å². The third-order valence-electron chi connectivity index (χ3n) is 11.4. The number of H-pyrrole nitrogens is 1. The molecule has 0 unspecified atom stereocenters. The molecule has 0 fully saturated rings. The standard InChI is InChI=1S/C42H38N8O4S2/c1-24(28-7-9-36-34(21-28)43-23-55-36)49-15-11-27-4-6-33(20-31(27)14-17-49)39-46-48-41(53-39)54-42-44-35-22-29(8-10-37(35)56-42)25(2)50-16-12-26-3-5-32(19-30(26)13-18-50)38-45-47-40(51)52-38/h3-10,19-25H,11-18H2,1-2H3,(H,47,51)/t24-,25+/m0/s1. The van der Waals surface area contributed by atoms with Gasteiger partial charge in [-0.3, -0.25) is 9.80 Å². The maximum Gasteiger partial charge on any atom is 0.434 e. The van der Waals surface area contributed by atoms with Crippen LogP contribution in [0.5, 0.6) is 11.3 Å². The quantitative estimate of drug-likeness (QED) is 0.159. The molecule has 4 aromatic heterocycles. The van der Waals surface area contributed by atoms with Gasteiger partial charge in [0, 0.05) is 49.4 Å². The first kappa shape index (κ1) is 34.9. The van der Waals surface area contributed by atoms with Gasteiger partial charge in [0.1, 0.15) is 0 Å². The second-order valence-corrected chi connectivity index (χ2v) is 16.5. The lowest BCUT2D eigenvalue weighted by Gasteiger charge is -2.28. The van der Waals surface area contributed by atoms with Gasteiger partial charge in [0.05, 0.1) is 25.9 Å². The molecule has 56 heavy (non-hydrogen) atoms. The first-order valence-corrected chi connectivity index (χ1v) is 20.6. The van der Waals surface area contributed by atoms with Crippen molar-refractivity contribution in [1.29, 1.82) is 0 Å². The number of nitrogens with zero attached hydrogens (tertiary/aromatic N) is 7. The minimum Gasteiger partial charge on any atom is -0.388 e. The van der Waals surface area contributed by atoms with E-state index in [2.05, 4.69) is 116 Å². The van der Waals surface area contributed by atoms with Gasteiger partial charge in [-0.15, -0.1) is 21.5 Å². The molecule has 6 heterocycles. The predicted molar refractivity (Wildman–Crippen MR) is 216 cm³/mol. The summed E-state index contributed by atoms with van der Waals surface area (Å²) in [6, 6.07) is 26.2. The third-order valence-corrected chi connectivity index (χ3v) is 13.1. The summed E-state index contributed by atoms with van der Waals surface area (Å²) in [6.07, 6.45) is 3.82. The van der Waals surface area contributed by atoms with Gasteiger partial charge in [-0.1, -0.05) is 40.7 Å². The van der Waals surface area contributed by atoms with E-state index < -0.39 is 5.76 Å². The highest BCUT2D eigenvalue weighted by atomic mass is 32.1. The molecule has 0 spiro atoms. The van der Waals surface area contributed by atoms with Gasteiger partial charge < -0.3 is 13.6 Å².